The topological polar surface area (TPSA) is 23.5 Å². The Hall–Kier alpha value is -0.0800. The second-order valence-electron chi connectivity index (χ2n) is 5.27. The maximum Gasteiger partial charge on any atom is 0.0474 e. The fourth-order valence-corrected chi connectivity index (χ4v) is 2.87. The van der Waals surface area contributed by atoms with E-state index in [1.807, 2.05) is 0 Å². The molecule has 0 aromatic carbocycles. The van der Waals surface area contributed by atoms with Crippen molar-refractivity contribution >= 4 is 0 Å². The van der Waals surface area contributed by atoms with E-state index in [9.17, 15) is 5.11 Å². The Morgan fingerprint density at radius 2 is 1.86 bits per heavy atom. The minimum Gasteiger partial charge on any atom is -0.396 e. The minimum absolute atomic E-state index is 0.341. The van der Waals surface area contributed by atoms with E-state index in [4.69, 9.17) is 0 Å². The molecule has 2 unspecified atom stereocenters. The molecule has 84 valence electrons. The molecule has 1 rings (SSSR count). The van der Waals surface area contributed by atoms with Gasteiger partial charge >= 0.3 is 0 Å². The van der Waals surface area contributed by atoms with E-state index < -0.39 is 0 Å². The van der Waals surface area contributed by atoms with Gasteiger partial charge in [0.25, 0.3) is 0 Å². The Morgan fingerprint density at radius 3 is 2.14 bits per heavy atom. The van der Waals surface area contributed by atoms with Gasteiger partial charge in [0.1, 0.15) is 0 Å². The molecule has 14 heavy (non-hydrogen) atoms. The fourth-order valence-electron chi connectivity index (χ4n) is 2.87. The van der Waals surface area contributed by atoms with Crippen molar-refractivity contribution in [1.82, 2.24) is 4.90 Å². The summed E-state index contributed by atoms with van der Waals surface area (Å²) in [5.74, 6) is 1.17. The summed E-state index contributed by atoms with van der Waals surface area (Å²) in [5.41, 5.74) is 0. The van der Waals surface area contributed by atoms with E-state index in [0.717, 1.165) is 6.42 Å². The van der Waals surface area contributed by atoms with Gasteiger partial charge in [-0.25, -0.2) is 0 Å². The smallest absolute Gasteiger partial charge is 0.0474 e. The normalized spacial score (nSPS) is 34.7. The summed E-state index contributed by atoms with van der Waals surface area (Å²) in [6.45, 7) is 11.7. The van der Waals surface area contributed by atoms with Gasteiger partial charge in [-0.15, -0.1) is 0 Å². The summed E-state index contributed by atoms with van der Waals surface area (Å²) in [4.78, 5) is 2.57. The maximum absolute atomic E-state index is 9.31. The van der Waals surface area contributed by atoms with E-state index >= 15 is 0 Å². The van der Waals surface area contributed by atoms with Gasteiger partial charge in [0.05, 0.1) is 0 Å². The van der Waals surface area contributed by atoms with Gasteiger partial charge in [-0.3, -0.25) is 4.90 Å². The number of likely N-dealkylation sites (tertiary alicyclic amines) is 1. The van der Waals surface area contributed by atoms with Crippen LogP contribution in [0.3, 0.4) is 0 Å². The van der Waals surface area contributed by atoms with Crippen molar-refractivity contribution in [3.05, 3.63) is 0 Å². The van der Waals surface area contributed by atoms with Gasteiger partial charge in [0, 0.05) is 24.7 Å². The zero-order valence-corrected chi connectivity index (χ0v) is 10.2. The third kappa shape index (κ3) is 2.12. The predicted molar refractivity (Wildman–Crippen MR) is 60.3 cm³/mol. The predicted octanol–water partition coefficient (Wildman–Crippen LogP) is 2.12. The van der Waals surface area contributed by atoms with Crippen LogP contribution < -0.4 is 0 Å². The first-order chi connectivity index (χ1) is 6.49. The van der Waals surface area contributed by atoms with Crippen LogP contribution in [0.25, 0.3) is 0 Å². The second-order valence-corrected chi connectivity index (χ2v) is 5.27. The SMILES string of the molecule is CC(C)[C@@H]1CC(CO)C(C)N1C(C)C. The molecule has 0 amide bonds. The molecule has 0 bridgehead atoms. The van der Waals surface area contributed by atoms with E-state index in [1.165, 1.54) is 0 Å². The summed E-state index contributed by atoms with van der Waals surface area (Å²) in [6, 6.07) is 1.78. The number of hydrogen-bond acceptors (Lipinski definition) is 2. The first-order valence-electron chi connectivity index (χ1n) is 5.87. The van der Waals surface area contributed by atoms with E-state index in [0.29, 0.717) is 36.6 Å². The highest BCUT2D eigenvalue weighted by Gasteiger charge is 2.40. The Bertz CT molecular complexity index is 179. The molecule has 0 aromatic heterocycles. The quantitative estimate of drug-likeness (QED) is 0.752. The van der Waals surface area contributed by atoms with Crippen LogP contribution in [0.1, 0.15) is 41.0 Å². The summed E-state index contributed by atoms with van der Waals surface area (Å²) in [7, 11) is 0. The largest absolute Gasteiger partial charge is 0.396 e. The Kier molecular flexibility index (Phi) is 3.96. The van der Waals surface area contributed by atoms with Crippen LogP contribution >= 0.6 is 0 Å². The summed E-state index contributed by atoms with van der Waals surface area (Å²) < 4.78 is 0. The van der Waals surface area contributed by atoms with Crippen LogP contribution in [0.15, 0.2) is 0 Å². The molecule has 1 fully saturated rings. The standard InChI is InChI=1S/C12H25NO/c1-8(2)12-6-11(7-14)10(5)13(12)9(3)4/h8-12,14H,6-7H2,1-5H3/t10?,11?,12-/m0/s1. The molecule has 0 radical (unpaired) electrons. The summed E-state index contributed by atoms with van der Waals surface area (Å²) in [6.07, 6.45) is 1.16. The van der Waals surface area contributed by atoms with Crippen molar-refractivity contribution in [2.24, 2.45) is 11.8 Å². The lowest BCUT2D eigenvalue weighted by Crippen LogP contribution is -2.43. The molecule has 0 saturated carbocycles. The summed E-state index contributed by atoms with van der Waals surface area (Å²) >= 11 is 0. The molecule has 2 heteroatoms. The third-order valence-electron chi connectivity index (χ3n) is 3.68. The number of nitrogens with zero attached hydrogens (tertiary/aromatic N) is 1. The zero-order valence-electron chi connectivity index (χ0n) is 10.2. The zero-order chi connectivity index (χ0) is 10.9. The van der Waals surface area contributed by atoms with Gasteiger partial charge in [-0.05, 0) is 39.0 Å². The Labute approximate surface area is 88.3 Å². The minimum atomic E-state index is 0.341. The average molecular weight is 199 g/mol. The van der Waals surface area contributed by atoms with Crippen LogP contribution in [0.5, 0.6) is 0 Å². The second kappa shape index (κ2) is 4.63. The number of aliphatic hydroxyl groups excluding tert-OH is 1. The van der Waals surface area contributed by atoms with Crippen molar-refractivity contribution < 1.29 is 5.11 Å². The molecular formula is C12H25NO. The van der Waals surface area contributed by atoms with Gasteiger partial charge in [-0.1, -0.05) is 13.8 Å². The molecule has 3 atom stereocenters. The van der Waals surface area contributed by atoms with E-state index in [-0.39, 0.29) is 0 Å². The highest BCUT2D eigenvalue weighted by atomic mass is 16.3. The molecule has 0 aliphatic carbocycles. The van der Waals surface area contributed by atoms with Gasteiger partial charge in [0.2, 0.25) is 0 Å². The van der Waals surface area contributed by atoms with Crippen molar-refractivity contribution in [3.8, 4) is 0 Å². The molecule has 0 aromatic rings. The highest BCUT2D eigenvalue weighted by molar-refractivity contribution is 4.94. The third-order valence-corrected chi connectivity index (χ3v) is 3.68. The Balaban J connectivity index is 2.76. The molecule has 1 N–H and O–H groups in total. The van der Waals surface area contributed by atoms with Crippen molar-refractivity contribution in [3.63, 3.8) is 0 Å². The Morgan fingerprint density at radius 1 is 1.29 bits per heavy atom. The number of hydrogen-bond donors (Lipinski definition) is 1. The average Bonchev–Trinajstić information content (AvgIpc) is 2.42. The summed E-state index contributed by atoms with van der Waals surface area (Å²) in [5, 5.41) is 9.31. The molecule has 1 aliphatic rings. The van der Waals surface area contributed by atoms with Crippen LogP contribution in [0.2, 0.25) is 0 Å². The van der Waals surface area contributed by atoms with Gasteiger partial charge in [0.15, 0.2) is 0 Å². The van der Waals surface area contributed by atoms with Gasteiger partial charge in [-0.2, -0.15) is 0 Å². The van der Waals surface area contributed by atoms with Crippen LogP contribution in [-0.4, -0.2) is 34.7 Å². The fraction of sp³-hybridized carbons (Fsp3) is 1.00. The molecule has 1 saturated heterocycles. The highest BCUT2D eigenvalue weighted by Crippen LogP contribution is 2.34. The first-order valence-corrected chi connectivity index (χ1v) is 5.87. The molecule has 1 aliphatic heterocycles. The van der Waals surface area contributed by atoms with Crippen molar-refractivity contribution in [2.45, 2.75) is 59.2 Å². The molecule has 0 spiro atoms. The van der Waals surface area contributed by atoms with Crippen molar-refractivity contribution in [2.75, 3.05) is 6.61 Å². The molecule has 2 nitrogen and oxygen atoms in total. The van der Waals surface area contributed by atoms with Crippen LogP contribution in [0, 0.1) is 11.8 Å². The lowest BCUT2D eigenvalue weighted by molar-refractivity contribution is 0.111. The number of aliphatic hydroxyl groups is 1. The lowest BCUT2D eigenvalue weighted by atomic mass is 9.96. The number of rotatable bonds is 3. The van der Waals surface area contributed by atoms with Crippen molar-refractivity contribution in [1.29, 1.82) is 0 Å². The van der Waals surface area contributed by atoms with E-state index in [1.54, 1.807) is 0 Å². The molecule has 1 heterocycles. The van der Waals surface area contributed by atoms with Crippen LogP contribution in [-0.2, 0) is 0 Å². The van der Waals surface area contributed by atoms with Gasteiger partial charge < -0.3 is 5.11 Å². The molecular weight excluding hydrogens is 174 g/mol. The van der Waals surface area contributed by atoms with Crippen LogP contribution in [0.4, 0.5) is 0 Å². The van der Waals surface area contributed by atoms with E-state index in [2.05, 4.69) is 39.5 Å². The first kappa shape index (κ1) is 12.0. The maximum atomic E-state index is 9.31. The monoisotopic (exact) mass is 199 g/mol. The lowest BCUT2D eigenvalue weighted by Gasteiger charge is -2.34.